The molecule has 0 aromatic heterocycles. The second kappa shape index (κ2) is 6.72. The van der Waals surface area contributed by atoms with Crippen LogP contribution in [0.4, 0.5) is 0 Å². The Morgan fingerprint density at radius 3 is 2.67 bits per heavy atom. The normalized spacial score (nSPS) is 45.9. The van der Waals surface area contributed by atoms with E-state index in [1.54, 1.807) is 0 Å². The zero-order valence-corrected chi connectivity index (χ0v) is 17.0. The lowest BCUT2D eigenvalue weighted by Crippen LogP contribution is -2.51. The van der Waals surface area contributed by atoms with Crippen molar-refractivity contribution in [1.29, 1.82) is 0 Å². The van der Waals surface area contributed by atoms with Crippen LogP contribution in [0, 0.1) is 34.5 Å². The molecule has 0 aromatic carbocycles. The van der Waals surface area contributed by atoms with Crippen LogP contribution in [0.1, 0.15) is 72.1 Å². The molecule has 150 valence electrons. The number of hydrogen-bond donors (Lipinski definition) is 1. The van der Waals surface area contributed by atoms with Crippen LogP contribution in [-0.4, -0.2) is 29.6 Å². The van der Waals surface area contributed by atoms with Gasteiger partial charge in [0.15, 0.2) is 5.78 Å². The Morgan fingerprint density at radius 2 is 1.93 bits per heavy atom. The lowest BCUT2D eigenvalue weighted by molar-refractivity contribution is -0.149. The minimum Gasteiger partial charge on any atom is -0.458 e. The Kier molecular flexibility index (Phi) is 4.77. The van der Waals surface area contributed by atoms with Gasteiger partial charge in [-0.15, -0.1) is 0 Å². The summed E-state index contributed by atoms with van der Waals surface area (Å²) in [4.78, 5) is 23.9. The number of Topliss-reactive ketones (excluding diaryl/α,β-unsaturated/α-hetero) is 1. The SMILES string of the molecule is CC(=O)OCC(=O)[C@@H]1CC[C@@H]2[C@H]3CC=C4C[C@@H](O)CC[C@]4(C)[C@@H]3CC[C@@]21C. The zero-order chi connectivity index (χ0) is 19.4. The van der Waals surface area contributed by atoms with Gasteiger partial charge in [0.05, 0.1) is 6.10 Å². The van der Waals surface area contributed by atoms with E-state index >= 15 is 0 Å². The Morgan fingerprint density at radius 1 is 1.15 bits per heavy atom. The quantitative estimate of drug-likeness (QED) is 0.598. The molecule has 0 saturated heterocycles. The number of carbonyl (C=O) groups is 2. The van der Waals surface area contributed by atoms with Crippen molar-refractivity contribution < 1.29 is 19.4 Å². The molecule has 0 amide bonds. The molecule has 0 aromatic rings. The fraction of sp³-hybridized carbons (Fsp3) is 0.826. The number of esters is 1. The predicted molar refractivity (Wildman–Crippen MR) is 103 cm³/mol. The van der Waals surface area contributed by atoms with Gasteiger partial charge in [0.1, 0.15) is 6.61 Å². The van der Waals surface area contributed by atoms with Gasteiger partial charge in [0, 0.05) is 12.8 Å². The molecule has 0 radical (unpaired) electrons. The van der Waals surface area contributed by atoms with E-state index in [2.05, 4.69) is 19.9 Å². The van der Waals surface area contributed by atoms with Gasteiger partial charge in [-0.3, -0.25) is 9.59 Å². The summed E-state index contributed by atoms with van der Waals surface area (Å²) in [5, 5.41) is 10.1. The summed E-state index contributed by atoms with van der Waals surface area (Å²) in [7, 11) is 0. The smallest absolute Gasteiger partial charge is 0.303 e. The average molecular weight is 375 g/mol. The number of fused-ring (bicyclic) bond motifs is 5. The predicted octanol–water partition coefficient (Wildman–Crippen LogP) is 4.06. The van der Waals surface area contributed by atoms with Crippen molar-refractivity contribution in [3.8, 4) is 0 Å². The molecule has 1 N–H and O–H groups in total. The van der Waals surface area contributed by atoms with Crippen LogP contribution in [0.2, 0.25) is 0 Å². The second-order valence-electron chi connectivity index (χ2n) is 10.1. The van der Waals surface area contributed by atoms with Crippen molar-refractivity contribution in [2.75, 3.05) is 6.61 Å². The molecule has 0 aliphatic heterocycles. The molecule has 7 atom stereocenters. The number of aliphatic hydroxyl groups is 1. The van der Waals surface area contributed by atoms with E-state index in [-0.39, 0.29) is 41.2 Å². The molecule has 4 aliphatic carbocycles. The molecule has 0 heterocycles. The third kappa shape index (κ3) is 2.99. The van der Waals surface area contributed by atoms with Gasteiger partial charge in [-0.2, -0.15) is 0 Å². The van der Waals surface area contributed by atoms with E-state index in [1.807, 2.05) is 0 Å². The molecular formula is C23H34O4. The van der Waals surface area contributed by atoms with Crippen LogP contribution < -0.4 is 0 Å². The van der Waals surface area contributed by atoms with Gasteiger partial charge in [0.2, 0.25) is 0 Å². The van der Waals surface area contributed by atoms with Crippen LogP contribution in [0.3, 0.4) is 0 Å². The standard InChI is InChI=1S/C23H34O4/c1-14(24)27-13-21(26)20-7-6-18-17-5-4-15-12-16(25)8-10-22(15,2)19(17)9-11-23(18,20)3/h4,16-20,25H,5-13H2,1-3H3/t16-,17+,18+,19+,20-,22-,23-/m0/s1. The Bertz CT molecular complexity index is 667. The highest BCUT2D eigenvalue weighted by atomic mass is 16.5. The van der Waals surface area contributed by atoms with Gasteiger partial charge in [-0.1, -0.05) is 25.5 Å². The fourth-order valence-corrected chi connectivity index (χ4v) is 7.44. The summed E-state index contributed by atoms with van der Waals surface area (Å²) < 4.78 is 5.02. The zero-order valence-electron chi connectivity index (χ0n) is 17.0. The van der Waals surface area contributed by atoms with Crippen molar-refractivity contribution in [2.24, 2.45) is 34.5 Å². The second-order valence-corrected chi connectivity index (χ2v) is 10.1. The maximum atomic E-state index is 12.8. The lowest BCUT2D eigenvalue weighted by Gasteiger charge is -2.57. The topological polar surface area (TPSA) is 63.6 Å². The molecular weight excluding hydrogens is 340 g/mol. The van der Waals surface area contributed by atoms with Gasteiger partial charge < -0.3 is 9.84 Å². The minimum atomic E-state index is -0.371. The molecule has 4 heteroatoms. The van der Waals surface area contributed by atoms with Gasteiger partial charge >= 0.3 is 5.97 Å². The third-order valence-electron chi connectivity index (χ3n) is 8.88. The number of rotatable bonds is 3. The number of aliphatic hydroxyl groups excluding tert-OH is 1. The summed E-state index contributed by atoms with van der Waals surface area (Å²) in [5.41, 5.74) is 1.78. The number of ether oxygens (including phenoxy) is 1. The monoisotopic (exact) mass is 374 g/mol. The molecule has 0 unspecified atom stereocenters. The highest BCUT2D eigenvalue weighted by molar-refractivity contribution is 5.85. The summed E-state index contributed by atoms with van der Waals surface area (Å²) in [6.07, 6.45) is 10.6. The van der Waals surface area contributed by atoms with E-state index in [9.17, 15) is 14.7 Å². The van der Waals surface area contributed by atoms with E-state index in [4.69, 9.17) is 4.74 Å². The van der Waals surface area contributed by atoms with E-state index in [0.717, 1.165) is 44.9 Å². The first kappa shape index (κ1) is 19.2. The van der Waals surface area contributed by atoms with Crippen LogP contribution in [0.5, 0.6) is 0 Å². The number of carbonyl (C=O) groups excluding carboxylic acids is 2. The molecule has 3 fully saturated rings. The summed E-state index contributed by atoms with van der Waals surface area (Å²) in [6.45, 7) is 6.06. The summed E-state index contributed by atoms with van der Waals surface area (Å²) in [5.74, 6) is 1.71. The lowest BCUT2D eigenvalue weighted by atomic mass is 9.47. The summed E-state index contributed by atoms with van der Waals surface area (Å²) >= 11 is 0. The third-order valence-corrected chi connectivity index (χ3v) is 8.88. The average Bonchev–Trinajstić information content (AvgIpc) is 2.97. The van der Waals surface area contributed by atoms with Crippen LogP contribution >= 0.6 is 0 Å². The van der Waals surface area contributed by atoms with Gasteiger partial charge in [-0.05, 0) is 80.0 Å². The van der Waals surface area contributed by atoms with Gasteiger partial charge in [-0.25, -0.2) is 0 Å². The highest BCUT2D eigenvalue weighted by Gasteiger charge is 2.59. The Hall–Kier alpha value is -1.16. The van der Waals surface area contributed by atoms with Crippen LogP contribution in [-0.2, 0) is 14.3 Å². The molecule has 0 spiro atoms. The molecule has 27 heavy (non-hydrogen) atoms. The Balaban J connectivity index is 1.55. The number of allylic oxidation sites excluding steroid dienone is 1. The summed E-state index contributed by atoms with van der Waals surface area (Å²) in [6, 6.07) is 0. The number of ketones is 1. The molecule has 3 saturated carbocycles. The molecule has 4 nitrogen and oxygen atoms in total. The first-order chi connectivity index (χ1) is 12.8. The number of hydrogen-bond acceptors (Lipinski definition) is 4. The van der Waals surface area contributed by atoms with Crippen molar-refractivity contribution in [3.05, 3.63) is 11.6 Å². The van der Waals surface area contributed by atoms with Gasteiger partial charge in [0.25, 0.3) is 0 Å². The van der Waals surface area contributed by atoms with E-state index < -0.39 is 0 Å². The van der Waals surface area contributed by atoms with E-state index in [1.165, 1.54) is 18.9 Å². The highest BCUT2D eigenvalue weighted by Crippen LogP contribution is 2.66. The fourth-order valence-electron chi connectivity index (χ4n) is 7.44. The largest absolute Gasteiger partial charge is 0.458 e. The van der Waals surface area contributed by atoms with Crippen molar-refractivity contribution in [1.82, 2.24) is 0 Å². The maximum absolute atomic E-state index is 12.8. The first-order valence-electron chi connectivity index (χ1n) is 10.8. The van der Waals surface area contributed by atoms with Crippen molar-refractivity contribution >= 4 is 11.8 Å². The van der Waals surface area contributed by atoms with Crippen molar-refractivity contribution in [2.45, 2.75) is 78.2 Å². The Labute approximate surface area is 162 Å². The molecule has 4 rings (SSSR count). The van der Waals surface area contributed by atoms with Crippen molar-refractivity contribution in [3.63, 3.8) is 0 Å². The van der Waals surface area contributed by atoms with Crippen LogP contribution in [0.25, 0.3) is 0 Å². The molecule has 4 aliphatic rings. The molecule has 0 bridgehead atoms. The van der Waals surface area contributed by atoms with Crippen LogP contribution in [0.15, 0.2) is 11.6 Å². The minimum absolute atomic E-state index is 0.0363. The van der Waals surface area contributed by atoms with E-state index in [0.29, 0.717) is 17.8 Å². The maximum Gasteiger partial charge on any atom is 0.303 e. The first-order valence-corrected chi connectivity index (χ1v) is 10.8.